The molecule has 2 amide bonds. The summed E-state index contributed by atoms with van der Waals surface area (Å²) in [5.41, 5.74) is 1.78. The third-order valence-corrected chi connectivity index (χ3v) is 6.04. The van der Waals surface area contributed by atoms with E-state index in [1.807, 2.05) is 0 Å². The summed E-state index contributed by atoms with van der Waals surface area (Å²) in [5, 5.41) is 22.8. The van der Waals surface area contributed by atoms with Crippen LogP contribution in [0.3, 0.4) is 0 Å². The molecule has 0 saturated carbocycles. The predicted octanol–water partition coefficient (Wildman–Crippen LogP) is 3.62. The van der Waals surface area contributed by atoms with Gasteiger partial charge >= 0.3 is 5.97 Å². The van der Waals surface area contributed by atoms with Gasteiger partial charge in [0.2, 0.25) is 5.91 Å². The van der Waals surface area contributed by atoms with Gasteiger partial charge in [0.15, 0.2) is 12.1 Å². The number of nitrogens with zero attached hydrogens (tertiary/aromatic N) is 5. The van der Waals surface area contributed by atoms with Crippen molar-refractivity contribution in [2.75, 3.05) is 11.9 Å². The largest absolute Gasteiger partial charge is 0.481 e. The van der Waals surface area contributed by atoms with Crippen LogP contribution in [0.25, 0.3) is 11.8 Å². The van der Waals surface area contributed by atoms with Gasteiger partial charge in [0.25, 0.3) is 5.91 Å². The normalized spacial score (nSPS) is 11.8. The second kappa shape index (κ2) is 12.1. The fraction of sp³-hybridized carbons (Fsp3) is 0.111. The summed E-state index contributed by atoms with van der Waals surface area (Å²) in [6.45, 7) is 0. The van der Waals surface area contributed by atoms with Crippen LogP contribution in [0.15, 0.2) is 79.1 Å². The number of anilines is 1. The summed E-state index contributed by atoms with van der Waals surface area (Å²) in [6, 6.07) is 16.9. The Morgan fingerprint density at radius 1 is 1.10 bits per heavy atom. The molecule has 12 heteroatoms. The van der Waals surface area contributed by atoms with Gasteiger partial charge in [0.1, 0.15) is 6.04 Å². The van der Waals surface area contributed by atoms with Crippen molar-refractivity contribution >= 4 is 41.1 Å². The number of tetrazole rings is 1. The zero-order chi connectivity index (χ0) is 27.9. The van der Waals surface area contributed by atoms with E-state index in [-0.39, 0.29) is 22.7 Å². The van der Waals surface area contributed by atoms with E-state index in [0.29, 0.717) is 16.8 Å². The molecule has 10 nitrogen and oxygen atoms in total. The maximum atomic E-state index is 14.9. The Labute approximate surface area is 227 Å². The van der Waals surface area contributed by atoms with Crippen LogP contribution < -0.4 is 10.2 Å². The number of rotatable bonds is 9. The molecule has 0 bridgehead atoms. The van der Waals surface area contributed by atoms with Crippen molar-refractivity contribution in [2.45, 2.75) is 12.5 Å². The van der Waals surface area contributed by atoms with E-state index in [1.165, 1.54) is 29.4 Å². The average molecular weight is 549 g/mol. The van der Waals surface area contributed by atoms with Crippen LogP contribution in [0.5, 0.6) is 0 Å². The Morgan fingerprint density at radius 3 is 2.46 bits per heavy atom. The van der Waals surface area contributed by atoms with Crippen molar-refractivity contribution in [2.24, 2.45) is 0 Å². The molecule has 39 heavy (non-hydrogen) atoms. The molecule has 2 N–H and O–H groups in total. The smallest absolute Gasteiger partial charge is 0.307 e. The molecule has 1 aromatic heterocycles. The number of carboxylic acid groups (broad SMARTS) is 1. The van der Waals surface area contributed by atoms with Gasteiger partial charge in [0, 0.05) is 24.4 Å². The lowest BCUT2D eigenvalue weighted by Crippen LogP contribution is -2.41. The molecular formula is C27H22ClFN6O4. The fourth-order valence-electron chi connectivity index (χ4n) is 3.78. The topological polar surface area (TPSA) is 130 Å². The van der Waals surface area contributed by atoms with Gasteiger partial charge in [-0.05, 0) is 46.7 Å². The highest BCUT2D eigenvalue weighted by Gasteiger charge is 2.26. The molecule has 4 aromatic rings. The van der Waals surface area contributed by atoms with Crippen LogP contribution in [0.2, 0.25) is 5.02 Å². The molecule has 0 spiro atoms. The number of likely N-dealkylation sites (N-methyl/N-ethyl adjacent to an activating group) is 1. The Balaban J connectivity index is 1.58. The summed E-state index contributed by atoms with van der Waals surface area (Å²) >= 11 is 5.94. The summed E-state index contributed by atoms with van der Waals surface area (Å²) < 4.78 is 14.9. The molecule has 4 rings (SSSR count). The van der Waals surface area contributed by atoms with E-state index in [1.54, 1.807) is 61.6 Å². The van der Waals surface area contributed by atoms with Crippen molar-refractivity contribution in [3.8, 4) is 5.69 Å². The number of amides is 2. The van der Waals surface area contributed by atoms with E-state index < -0.39 is 29.6 Å². The van der Waals surface area contributed by atoms with Gasteiger partial charge in [-0.2, -0.15) is 0 Å². The third-order valence-electron chi connectivity index (χ3n) is 5.75. The highest BCUT2D eigenvalue weighted by molar-refractivity contribution is 6.31. The van der Waals surface area contributed by atoms with Gasteiger partial charge in [-0.25, -0.2) is 4.39 Å². The Hall–Kier alpha value is -4.90. The molecule has 3 aromatic carbocycles. The highest BCUT2D eigenvalue weighted by Crippen LogP contribution is 2.25. The molecule has 0 aliphatic heterocycles. The number of benzene rings is 3. The molecule has 1 atom stereocenters. The number of hydrogen-bond donors (Lipinski definition) is 2. The van der Waals surface area contributed by atoms with Crippen molar-refractivity contribution in [1.82, 2.24) is 25.5 Å². The van der Waals surface area contributed by atoms with E-state index in [4.69, 9.17) is 16.7 Å². The molecular weight excluding hydrogens is 527 g/mol. The number of carbonyl (C=O) groups is 3. The lowest BCUT2D eigenvalue weighted by atomic mass is 10.0. The molecule has 0 fully saturated rings. The number of carboxylic acids is 1. The molecule has 0 radical (unpaired) electrons. The minimum atomic E-state index is -1.08. The fourth-order valence-corrected chi connectivity index (χ4v) is 3.95. The third kappa shape index (κ3) is 6.51. The predicted molar refractivity (Wildman–Crippen MR) is 142 cm³/mol. The van der Waals surface area contributed by atoms with Gasteiger partial charge in [0.05, 0.1) is 17.1 Å². The molecule has 0 aliphatic rings. The lowest BCUT2D eigenvalue weighted by Gasteiger charge is -2.25. The molecule has 1 heterocycles. The maximum absolute atomic E-state index is 14.9. The van der Waals surface area contributed by atoms with Crippen molar-refractivity contribution in [1.29, 1.82) is 0 Å². The van der Waals surface area contributed by atoms with Crippen LogP contribution in [-0.4, -0.2) is 50.1 Å². The van der Waals surface area contributed by atoms with Crippen molar-refractivity contribution in [3.63, 3.8) is 0 Å². The lowest BCUT2D eigenvalue weighted by molar-refractivity contribution is -0.136. The van der Waals surface area contributed by atoms with E-state index in [2.05, 4.69) is 20.7 Å². The summed E-state index contributed by atoms with van der Waals surface area (Å²) in [4.78, 5) is 39.9. The first-order valence-corrected chi connectivity index (χ1v) is 12.0. The van der Waals surface area contributed by atoms with Crippen LogP contribution in [0, 0.1) is 5.82 Å². The van der Waals surface area contributed by atoms with Gasteiger partial charge in [-0.1, -0.05) is 54.1 Å². The first-order chi connectivity index (χ1) is 18.7. The number of nitrogens with one attached hydrogen (secondary N) is 1. The van der Waals surface area contributed by atoms with E-state index >= 15 is 0 Å². The molecule has 198 valence electrons. The van der Waals surface area contributed by atoms with Crippen LogP contribution >= 0.6 is 11.6 Å². The first kappa shape index (κ1) is 27.1. The number of aromatic nitrogens is 4. The molecule has 1 unspecified atom stereocenters. The Kier molecular flexibility index (Phi) is 8.42. The zero-order valence-corrected chi connectivity index (χ0v) is 21.3. The molecule has 0 saturated heterocycles. The first-order valence-electron chi connectivity index (χ1n) is 11.6. The Morgan fingerprint density at radius 2 is 1.82 bits per heavy atom. The summed E-state index contributed by atoms with van der Waals surface area (Å²) in [6.07, 6.45) is 3.33. The maximum Gasteiger partial charge on any atom is 0.307 e. The van der Waals surface area contributed by atoms with Crippen LogP contribution in [-0.2, 0) is 20.8 Å². The van der Waals surface area contributed by atoms with Gasteiger partial charge in [-0.15, -0.1) is 15.0 Å². The van der Waals surface area contributed by atoms with Crippen LogP contribution in [0.4, 0.5) is 10.1 Å². The number of hydrogen-bond acceptors (Lipinski definition) is 6. The second-order valence-corrected chi connectivity index (χ2v) is 8.75. The number of aliphatic carboxylic acids is 1. The summed E-state index contributed by atoms with van der Waals surface area (Å²) in [5.74, 6) is -2.86. The van der Waals surface area contributed by atoms with Crippen molar-refractivity contribution < 1.29 is 23.9 Å². The van der Waals surface area contributed by atoms with Gasteiger partial charge in [-0.3, -0.25) is 14.4 Å². The monoisotopic (exact) mass is 548 g/mol. The SMILES string of the molecule is CN(C(=O)C(NC(=O)C=Cc1c(-n2ncnn2)ccc(Cl)c1F)c1ccccc1)c1ccc(CC(=O)O)cc1. The highest BCUT2D eigenvalue weighted by atomic mass is 35.5. The average Bonchev–Trinajstić information content (AvgIpc) is 3.47. The van der Waals surface area contributed by atoms with Crippen LogP contribution in [0.1, 0.15) is 22.7 Å². The van der Waals surface area contributed by atoms with Crippen molar-refractivity contribution in [3.05, 3.63) is 107 Å². The second-order valence-electron chi connectivity index (χ2n) is 8.34. The minimum absolute atomic E-state index is 0.0446. The zero-order valence-electron chi connectivity index (χ0n) is 20.5. The Bertz CT molecular complexity index is 1510. The quantitative estimate of drug-likeness (QED) is 0.305. The minimum Gasteiger partial charge on any atom is -0.481 e. The van der Waals surface area contributed by atoms with E-state index in [9.17, 15) is 18.8 Å². The number of carbonyl (C=O) groups excluding carboxylic acids is 2. The summed E-state index contributed by atoms with van der Waals surface area (Å²) in [7, 11) is 1.55. The number of halogens is 2. The van der Waals surface area contributed by atoms with E-state index in [0.717, 1.165) is 10.9 Å². The standard InChI is InChI=1S/C27H22ClFN6O4/c1-34(19-9-7-17(8-10-19)15-24(37)38)27(39)26(18-5-3-2-4-6-18)32-23(36)14-11-20-22(35-31-16-30-33-35)13-12-21(28)25(20)29/h2-14,16,26H,15H2,1H3,(H,32,36)(H,37,38). The molecule has 0 aliphatic carbocycles. The van der Waals surface area contributed by atoms with Gasteiger partial charge < -0.3 is 15.3 Å².